The number of aliphatic imine (C=N–C) groups is 1. The van der Waals surface area contributed by atoms with Gasteiger partial charge in [0.2, 0.25) is 5.96 Å². The number of nitrogens with one attached hydrogen (secondary N) is 2. The Morgan fingerprint density at radius 1 is 1.19 bits per heavy atom. The Balaban J connectivity index is 2.15. The minimum absolute atomic E-state index is 0.0130. The molecule has 1 heterocycles. The second-order valence-electron chi connectivity index (χ2n) is 5.89. The van der Waals surface area contributed by atoms with Gasteiger partial charge < -0.3 is 10.1 Å². The van der Waals surface area contributed by atoms with E-state index in [1.54, 1.807) is 6.92 Å². The monoisotopic (exact) mass is 399 g/mol. The summed E-state index contributed by atoms with van der Waals surface area (Å²) in [5, 5.41) is 2.76. The normalized spacial score (nSPS) is 17.7. The Kier molecular flexibility index (Phi) is 5.11. The lowest BCUT2D eigenvalue weighted by molar-refractivity contribution is 0.125. The number of methoxy groups -OCH3 is 1. The molecule has 0 aromatic heterocycles. The van der Waals surface area contributed by atoms with Crippen LogP contribution < -0.4 is 10.0 Å². The summed E-state index contributed by atoms with van der Waals surface area (Å²) >= 11 is 0. The number of benzene rings is 2. The van der Waals surface area contributed by atoms with E-state index in [2.05, 4.69) is 15.0 Å². The largest absolute Gasteiger partial charge is 0.380 e. The summed E-state index contributed by atoms with van der Waals surface area (Å²) in [6.45, 7) is 1.90. The number of hydrogen-bond donors (Lipinski definition) is 2. The van der Waals surface area contributed by atoms with Crippen molar-refractivity contribution in [3.8, 4) is 11.1 Å². The number of guanidine groups is 1. The van der Waals surface area contributed by atoms with Crippen molar-refractivity contribution in [2.45, 2.75) is 17.9 Å². The second-order valence-corrected chi connectivity index (χ2v) is 7.54. The number of sulfonamides is 1. The van der Waals surface area contributed by atoms with Gasteiger partial charge in [-0.05, 0) is 19.1 Å². The average Bonchev–Trinajstić information content (AvgIpc) is 2.62. The molecule has 0 aliphatic carbocycles. The van der Waals surface area contributed by atoms with Crippen molar-refractivity contribution < 1.29 is 26.3 Å². The zero-order chi connectivity index (χ0) is 19.8. The minimum atomic E-state index is -4.00. The summed E-state index contributed by atoms with van der Waals surface area (Å²) in [6, 6.07) is 5.22. The fourth-order valence-electron chi connectivity index (χ4n) is 2.55. The molecule has 0 bridgehead atoms. The van der Waals surface area contributed by atoms with Gasteiger partial charge in [0.1, 0.15) is 10.7 Å². The van der Waals surface area contributed by atoms with Gasteiger partial charge in [-0.1, -0.05) is 12.1 Å². The molecule has 0 saturated carbocycles. The molecular weight excluding hydrogens is 383 g/mol. The van der Waals surface area contributed by atoms with Gasteiger partial charge in [-0.25, -0.2) is 31.3 Å². The fourth-order valence-corrected chi connectivity index (χ4v) is 3.72. The molecular formula is C17H16F3N3O3S. The molecule has 1 atom stereocenters. The predicted molar refractivity (Wildman–Crippen MR) is 94.5 cm³/mol. The molecule has 1 aliphatic heterocycles. The van der Waals surface area contributed by atoms with Gasteiger partial charge in [0, 0.05) is 24.3 Å². The molecule has 10 heteroatoms. The summed E-state index contributed by atoms with van der Waals surface area (Å²) in [5.74, 6) is -3.74. The van der Waals surface area contributed by atoms with Crippen molar-refractivity contribution in [2.75, 3.05) is 19.0 Å². The van der Waals surface area contributed by atoms with Crippen molar-refractivity contribution in [1.29, 1.82) is 0 Å². The summed E-state index contributed by atoms with van der Waals surface area (Å²) in [7, 11) is -2.52. The first kappa shape index (κ1) is 19.2. The van der Waals surface area contributed by atoms with Crippen LogP contribution in [-0.2, 0) is 14.8 Å². The van der Waals surface area contributed by atoms with Gasteiger partial charge >= 0.3 is 0 Å². The summed E-state index contributed by atoms with van der Waals surface area (Å²) in [4.78, 5) is 3.90. The topological polar surface area (TPSA) is 79.8 Å². The van der Waals surface area contributed by atoms with Crippen molar-refractivity contribution in [2.24, 2.45) is 4.99 Å². The minimum Gasteiger partial charge on any atom is -0.380 e. The Hall–Kier alpha value is -2.59. The van der Waals surface area contributed by atoms with E-state index in [9.17, 15) is 21.6 Å². The Labute approximate surface area is 154 Å². The Morgan fingerprint density at radius 2 is 1.93 bits per heavy atom. The number of ether oxygens (including phenoxy) is 1. The molecule has 0 spiro atoms. The van der Waals surface area contributed by atoms with Gasteiger partial charge in [-0.3, -0.25) is 0 Å². The average molecular weight is 399 g/mol. The molecule has 0 radical (unpaired) electrons. The molecule has 2 N–H and O–H groups in total. The van der Waals surface area contributed by atoms with E-state index in [1.807, 2.05) is 0 Å². The number of fused-ring (bicyclic) bond motifs is 1. The molecule has 1 unspecified atom stereocenters. The molecule has 144 valence electrons. The quantitative estimate of drug-likeness (QED) is 0.775. The SMILES string of the molecule is COC(C)CN=C1Nc2c(-c3cc(F)cc(F)c3F)cccc2S(=O)(=O)N1. The zero-order valence-corrected chi connectivity index (χ0v) is 15.2. The maximum absolute atomic E-state index is 14.2. The number of rotatable bonds is 4. The predicted octanol–water partition coefficient (Wildman–Crippen LogP) is 2.87. The fraction of sp³-hybridized carbons (Fsp3) is 0.235. The lowest BCUT2D eigenvalue weighted by Gasteiger charge is -2.24. The second kappa shape index (κ2) is 7.20. The molecule has 27 heavy (non-hydrogen) atoms. The van der Waals surface area contributed by atoms with Crippen molar-refractivity contribution in [3.05, 3.63) is 47.8 Å². The number of para-hydroxylation sites is 1. The maximum Gasteiger partial charge on any atom is 0.266 e. The molecule has 2 aromatic carbocycles. The highest BCUT2D eigenvalue weighted by Gasteiger charge is 2.30. The zero-order valence-electron chi connectivity index (χ0n) is 14.4. The van der Waals surface area contributed by atoms with Gasteiger partial charge in [-0.2, -0.15) is 0 Å². The van der Waals surface area contributed by atoms with Gasteiger partial charge in [0.15, 0.2) is 11.6 Å². The number of hydrogen-bond acceptors (Lipinski definition) is 4. The van der Waals surface area contributed by atoms with E-state index in [1.165, 1.54) is 25.3 Å². The molecule has 1 aliphatic rings. The standard InChI is InChI=1S/C17H16F3N3O3S/c1-9(26-2)8-21-17-22-16-11(4-3-5-14(16)27(24,25)23-17)12-6-10(18)7-13(19)15(12)20/h3-7,9H,8H2,1-2H3,(H2,21,22,23). The molecule has 0 saturated heterocycles. The Bertz CT molecular complexity index is 1030. The van der Waals surface area contributed by atoms with Crippen molar-refractivity contribution in [3.63, 3.8) is 0 Å². The van der Waals surface area contributed by atoms with E-state index in [0.717, 1.165) is 6.07 Å². The number of nitrogens with zero attached hydrogens (tertiary/aromatic N) is 1. The lowest BCUT2D eigenvalue weighted by atomic mass is 10.0. The van der Waals surface area contributed by atoms with Crippen LogP contribution in [0.2, 0.25) is 0 Å². The molecule has 3 rings (SSSR count). The first-order chi connectivity index (χ1) is 12.7. The van der Waals surface area contributed by atoms with Gasteiger partial charge in [0.05, 0.1) is 18.3 Å². The van der Waals surface area contributed by atoms with E-state index >= 15 is 0 Å². The van der Waals surface area contributed by atoms with Crippen LogP contribution >= 0.6 is 0 Å². The Morgan fingerprint density at radius 3 is 2.63 bits per heavy atom. The highest BCUT2D eigenvalue weighted by atomic mass is 32.2. The van der Waals surface area contributed by atoms with E-state index in [0.29, 0.717) is 6.07 Å². The third-order valence-corrected chi connectivity index (χ3v) is 5.36. The third kappa shape index (κ3) is 3.76. The summed E-state index contributed by atoms with van der Waals surface area (Å²) in [6.07, 6.45) is -0.268. The van der Waals surface area contributed by atoms with Crippen LogP contribution in [0.1, 0.15) is 6.92 Å². The smallest absolute Gasteiger partial charge is 0.266 e. The third-order valence-electron chi connectivity index (χ3n) is 3.98. The first-order valence-electron chi connectivity index (χ1n) is 7.88. The number of halogens is 3. The van der Waals surface area contributed by atoms with Crippen LogP contribution in [0.5, 0.6) is 0 Å². The van der Waals surface area contributed by atoms with Crippen LogP contribution in [-0.4, -0.2) is 34.1 Å². The first-order valence-corrected chi connectivity index (χ1v) is 9.36. The van der Waals surface area contributed by atoms with Crippen molar-refractivity contribution >= 4 is 21.7 Å². The van der Waals surface area contributed by atoms with Crippen LogP contribution in [0.25, 0.3) is 11.1 Å². The van der Waals surface area contributed by atoms with E-state index in [-0.39, 0.29) is 34.8 Å². The molecule has 2 aromatic rings. The van der Waals surface area contributed by atoms with E-state index < -0.39 is 33.0 Å². The highest BCUT2D eigenvalue weighted by molar-refractivity contribution is 7.90. The highest BCUT2D eigenvalue weighted by Crippen LogP contribution is 2.37. The van der Waals surface area contributed by atoms with Crippen molar-refractivity contribution in [1.82, 2.24) is 4.72 Å². The molecule has 0 amide bonds. The van der Waals surface area contributed by atoms with Gasteiger partial charge in [-0.15, -0.1) is 0 Å². The van der Waals surface area contributed by atoms with Crippen LogP contribution in [0, 0.1) is 17.5 Å². The van der Waals surface area contributed by atoms with Crippen LogP contribution in [0.4, 0.5) is 18.9 Å². The van der Waals surface area contributed by atoms with Crippen LogP contribution in [0.3, 0.4) is 0 Å². The summed E-state index contributed by atoms with van der Waals surface area (Å²) < 4.78 is 73.8. The van der Waals surface area contributed by atoms with Crippen LogP contribution in [0.15, 0.2) is 40.2 Å². The number of anilines is 1. The lowest BCUT2D eigenvalue weighted by Crippen LogP contribution is -2.41. The van der Waals surface area contributed by atoms with Gasteiger partial charge in [0.25, 0.3) is 10.0 Å². The molecule has 0 fully saturated rings. The summed E-state index contributed by atoms with van der Waals surface area (Å²) in [5.41, 5.74) is -0.441. The van der Waals surface area contributed by atoms with E-state index in [4.69, 9.17) is 4.74 Å². The maximum atomic E-state index is 14.2. The molecule has 6 nitrogen and oxygen atoms in total.